The van der Waals surface area contributed by atoms with Crippen LogP contribution in [0, 0.1) is 5.92 Å². The predicted molar refractivity (Wildman–Crippen MR) is 76.7 cm³/mol. The molecule has 3 atom stereocenters. The Hall–Kier alpha value is -1.74. The van der Waals surface area contributed by atoms with Crippen LogP contribution in [0.15, 0.2) is 40.8 Å². The lowest BCUT2D eigenvalue weighted by Gasteiger charge is -2.09. The molecule has 2 aromatic rings. The summed E-state index contributed by atoms with van der Waals surface area (Å²) in [5.41, 5.74) is 1.25. The summed E-state index contributed by atoms with van der Waals surface area (Å²) in [6.45, 7) is 3.73. The van der Waals surface area contributed by atoms with Crippen LogP contribution >= 0.6 is 0 Å². The zero-order chi connectivity index (χ0) is 13.5. The molecule has 2 aliphatic rings. The highest BCUT2D eigenvalue weighted by Crippen LogP contribution is 2.47. The molecule has 4 rings (SSSR count). The first kappa shape index (κ1) is 12.0. The normalized spacial score (nSPS) is 27.1. The van der Waals surface area contributed by atoms with Gasteiger partial charge in [-0.15, -0.1) is 0 Å². The number of benzene rings is 1. The van der Waals surface area contributed by atoms with Gasteiger partial charge in [0.25, 0.3) is 0 Å². The summed E-state index contributed by atoms with van der Waals surface area (Å²) >= 11 is 0. The monoisotopic (exact) mass is 269 g/mol. The lowest BCUT2D eigenvalue weighted by molar-refractivity contribution is 0.305. The van der Waals surface area contributed by atoms with Crippen LogP contribution in [0.1, 0.15) is 42.4 Å². The minimum Gasteiger partial charge on any atom is -0.491 e. The van der Waals surface area contributed by atoms with Crippen molar-refractivity contribution < 1.29 is 9.15 Å². The van der Waals surface area contributed by atoms with Crippen LogP contribution in [-0.2, 0) is 6.54 Å². The van der Waals surface area contributed by atoms with Gasteiger partial charge in [0.05, 0.1) is 12.6 Å². The molecule has 1 fully saturated rings. The van der Waals surface area contributed by atoms with E-state index in [-0.39, 0.29) is 6.04 Å². The van der Waals surface area contributed by atoms with Crippen molar-refractivity contribution in [3.63, 3.8) is 0 Å². The fraction of sp³-hybridized carbons (Fsp3) is 0.412. The van der Waals surface area contributed by atoms with Crippen molar-refractivity contribution in [3.05, 3.63) is 53.5 Å². The van der Waals surface area contributed by atoms with Crippen molar-refractivity contribution in [2.45, 2.75) is 31.8 Å². The van der Waals surface area contributed by atoms with Crippen molar-refractivity contribution in [2.75, 3.05) is 6.61 Å². The SMILES string of the molecule is CC1CC1c1ccc(CNC2COc3ccccc32)o1. The molecule has 0 saturated heterocycles. The van der Waals surface area contributed by atoms with E-state index in [4.69, 9.17) is 9.15 Å². The first-order valence-electron chi connectivity index (χ1n) is 7.35. The van der Waals surface area contributed by atoms with Gasteiger partial charge in [-0.25, -0.2) is 0 Å². The van der Waals surface area contributed by atoms with Gasteiger partial charge in [0.15, 0.2) is 0 Å². The summed E-state index contributed by atoms with van der Waals surface area (Å²) in [6.07, 6.45) is 1.27. The van der Waals surface area contributed by atoms with E-state index in [1.165, 1.54) is 12.0 Å². The molecule has 1 aromatic carbocycles. The van der Waals surface area contributed by atoms with Gasteiger partial charge in [-0.3, -0.25) is 5.32 Å². The summed E-state index contributed by atoms with van der Waals surface area (Å²) in [7, 11) is 0. The summed E-state index contributed by atoms with van der Waals surface area (Å²) in [6, 6.07) is 12.7. The van der Waals surface area contributed by atoms with Crippen molar-refractivity contribution in [1.29, 1.82) is 0 Å². The molecule has 1 N–H and O–H groups in total. The van der Waals surface area contributed by atoms with Gasteiger partial charge in [0.2, 0.25) is 0 Å². The maximum absolute atomic E-state index is 5.92. The molecule has 3 unspecified atom stereocenters. The van der Waals surface area contributed by atoms with Gasteiger partial charge >= 0.3 is 0 Å². The molecule has 0 amide bonds. The third-order valence-electron chi connectivity index (χ3n) is 4.38. The first-order valence-corrected chi connectivity index (χ1v) is 7.35. The molecular weight excluding hydrogens is 250 g/mol. The molecule has 0 spiro atoms. The number of para-hydroxylation sites is 1. The molecule has 2 heterocycles. The highest BCUT2D eigenvalue weighted by atomic mass is 16.5. The number of ether oxygens (including phenoxy) is 1. The van der Waals surface area contributed by atoms with Gasteiger partial charge in [-0.2, -0.15) is 0 Å². The fourth-order valence-corrected chi connectivity index (χ4v) is 2.96. The summed E-state index contributed by atoms with van der Waals surface area (Å²) in [5, 5.41) is 3.52. The fourth-order valence-electron chi connectivity index (χ4n) is 2.96. The largest absolute Gasteiger partial charge is 0.491 e. The maximum Gasteiger partial charge on any atom is 0.124 e. The van der Waals surface area contributed by atoms with E-state index in [9.17, 15) is 0 Å². The Morgan fingerprint density at radius 3 is 2.90 bits per heavy atom. The third-order valence-corrected chi connectivity index (χ3v) is 4.38. The number of nitrogens with one attached hydrogen (secondary N) is 1. The van der Waals surface area contributed by atoms with Crippen LogP contribution in [0.25, 0.3) is 0 Å². The van der Waals surface area contributed by atoms with Gasteiger partial charge in [-0.1, -0.05) is 25.1 Å². The predicted octanol–water partition coefficient (Wildman–Crippen LogP) is 3.63. The topological polar surface area (TPSA) is 34.4 Å². The summed E-state index contributed by atoms with van der Waals surface area (Å²) in [5.74, 6) is 4.61. The molecular formula is C17H19NO2. The lowest BCUT2D eigenvalue weighted by Crippen LogP contribution is -2.21. The van der Waals surface area contributed by atoms with Crippen LogP contribution in [0.4, 0.5) is 0 Å². The molecule has 20 heavy (non-hydrogen) atoms. The van der Waals surface area contributed by atoms with Crippen LogP contribution in [0.5, 0.6) is 5.75 Å². The molecule has 1 saturated carbocycles. The average molecular weight is 269 g/mol. The molecule has 3 nitrogen and oxygen atoms in total. The Morgan fingerprint density at radius 1 is 1.20 bits per heavy atom. The van der Waals surface area contributed by atoms with Gasteiger partial charge in [0.1, 0.15) is 23.9 Å². The second-order valence-corrected chi connectivity index (χ2v) is 5.91. The smallest absolute Gasteiger partial charge is 0.124 e. The second-order valence-electron chi connectivity index (χ2n) is 5.91. The van der Waals surface area contributed by atoms with Gasteiger partial charge < -0.3 is 9.15 Å². The maximum atomic E-state index is 5.92. The standard InChI is InChI=1S/C17H19NO2/c1-11-8-14(11)17-7-6-12(20-17)9-18-15-10-19-16-5-3-2-4-13(15)16/h2-7,11,14-15,18H,8-10H2,1H3. The van der Waals surface area contributed by atoms with E-state index in [1.807, 2.05) is 12.1 Å². The highest BCUT2D eigenvalue weighted by Gasteiger charge is 2.36. The van der Waals surface area contributed by atoms with Crippen LogP contribution in [0.3, 0.4) is 0 Å². The van der Waals surface area contributed by atoms with Gasteiger partial charge in [-0.05, 0) is 30.5 Å². The van der Waals surface area contributed by atoms with Crippen LogP contribution < -0.4 is 10.1 Å². The summed E-state index contributed by atoms with van der Waals surface area (Å²) in [4.78, 5) is 0. The molecule has 1 aromatic heterocycles. The molecule has 0 radical (unpaired) electrons. The van der Waals surface area contributed by atoms with Crippen molar-refractivity contribution in [1.82, 2.24) is 5.32 Å². The number of fused-ring (bicyclic) bond motifs is 1. The van der Waals surface area contributed by atoms with Gasteiger partial charge in [0, 0.05) is 11.5 Å². The Morgan fingerprint density at radius 2 is 2.05 bits per heavy atom. The molecule has 104 valence electrons. The molecule has 3 heteroatoms. The Kier molecular flexibility index (Phi) is 2.81. The highest BCUT2D eigenvalue weighted by molar-refractivity contribution is 5.39. The first-order chi connectivity index (χ1) is 9.81. The number of rotatable bonds is 4. The van der Waals surface area contributed by atoms with Crippen LogP contribution in [-0.4, -0.2) is 6.61 Å². The quantitative estimate of drug-likeness (QED) is 0.920. The molecule has 0 bridgehead atoms. The number of hydrogen-bond acceptors (Lipinski definition) is 3. The lowest BCUT2D eigenvalue weighted by atomic mass is 10.1. The van der Waals surface area contributed by atoms with Crippen molar-refractivity contribution in [2.24, 2.45) is 5.92 Å². The van der Waals surface area contributed by atoms with Crippen molar-refractivity contribution >= 4 is 0 Å². The second kappa shape index (κ2) is 4.67. The van der Waals surface area contributed by atoms with E-state index >= 15 is 0 Å². The Labute approximate surface area is 118 Å². The van der Waals surface area contributed by atoms with E-state index < -0.39 is 0 Å². The van der Waals surface area contributed by atoms with E-state index in [1.54, 1.807) is 0 Å². The van der Waals surface area contributed by atoms with E-state index in [0.29, 0.717) is 12.5 Å². The van der Waals surface area contributed by atoms with E-state index in [0.717, 1.165) is 29.7 Å². The summed E-state index contributed by atoms with van der Waals surface area (Å²) < 4.78 is 11.6. The third kappa shape index (κ3) is 2.12. The molecule has 1 aliphatic carbocycles. The minimum absolute atomic E-state index is 0.264. The minimum atomic E-state index is 0.264. The average Bonchev–Trinajstić information content (AvgIpc) is 2.92. The Bertz CT molecular complexity index is 619. The zero-order valence-electron chi connectivity index (χ0n) is 11.6. The van der Waals surface area contributed by atoms with E-state index in [2.05, 4.69) is 36.5 Å². The van der Waals surface area contributed by atoms with Crippen molar-refractivity contribution in [3.8, 4) is 5.75 Å². The Balaban J connectivity index is 1.40. The zero-order valence-corrected chi connectivity index (χ0v) is 11.6. The number of hydrogen-bond donors (Lipinski definition) is 1. The van der Waals surface area contributed by atoms with Crippen LogP contribution in [0.2, 0.25) is 0 Å². The number of furan rings is 1. The molecule has 1 aliphatic heterocycles.